The van der Waals surface area contributed by atoms with Gasteiger partial charge in [-0.3, -0.25) is 9.59 Å². The normalized spacial score (nSPS) is 23.1. The second kappa shape index (κ2) is 7.36. The Bertz CT molecular complexity index is 287. The molecule has 0 aliphatic carbocycles. The van der Waals surface area contributed by atoms with Crippen LogP contribution in [0.3, 0.4) is 0 Å². The Morgan fingerprint density at radius 3 is 2.61 bits per heavy atom. The molecule has 104 valence electrons. The van der Waals surface area contributed by atoms with Gasteiger partial charge in [-0.2, -0.15) is 0 Å². The van der Waals surface area contributed by atoms with E-state index >= 15 is 0 Å². The monoisotopic (exact) mass is 257 g/mol. The lowest BCUT2D eigenvalue weighted by atomic mass is 9.95. The van der Waals surface area contributed by atoms with Crippen LogP contribution in [-0.2, 0) is 14.3 Å². The lowest BCUT2D eigenvalue weighted by Crippen LogP contribution is -2.37. The molecule has 1 heterocycles. The number of carboxylic acid groups (broad SMARTS) is 1. The van der Waals surface area contributed by atoms with Crippen LogP contribution in [0.1, 0.15) is 39.5 Å². The number of carboxylic acids is 1. The van der Waals surface area contributed by atoms with E-state index in [-0.39, 0.29) is 12.0 Å². The molecule has 5 heteroatoms. The van der Waals surface area contributed by atoms with Crippen LogP contribution in [0.2, 0.25) is 0 Å². The van der Waals surface area contributed by atoms with E-state index in [1.807, 2.05) is 0 Å². The minimum Gasteiger partial charge on any atom is -0.481 e. The molecule has 1 aliphatic rings. The molecule has 1 aliphatic heterocycles. The van der Waals surface area contributed by atoms with Gasteiger partial charge in [0.25, 0.3) is 0 Å². The van der Waals surface area contributed by atoms with Crippen molar-refractivity contribution >= 4 is 11.9 Å². The molecule has 1 fully saturated rings. The second-order valence-corrected chi connectivity index (χ2v) is 4.98. The highest BCUT2D eigenvalue weighted by Gasteiger charge is 2.25. The summed E-state index contributed by atoms with van der Waals surface area (Å²) in [4.78, 5) is 22.5. The summed E-state index contributed by atoms with van der Waals surface area (Å²) in [7, 11) is 0. The molecule has 18 heavy (non-hydrogen) atoms. The van der Waals surface area contributed by atoms with Crippen LogP contribution in [0.25, 0.3) is 0 Å². The van der Waals surface area contributed by atoms with E-state index in [2.05, 4.69) is 5.32 Å². The van der Waals surface area contributed by atoms with Crippen molar-refractivity contribution in [2.45, 2.75) is 45.6 Å². The predicted octanol–water partition coefficient (Wildman–Crippen LogP) is 1.42. The van der Waals surface area contributed by atoms with Gasteiger partial charge in [0.1, 0.15) is 0 Å². The van der Waals surface area contributed by atoms with Crippen molar-refractivity contribution in [2.24, 2.45) is 11.8 Å². The van der Waals surface area contributed by atoms with Crippen LogP contribution in [-0.4, -0.2) is 36.2 Å². The quantitative estimate of drug-likeness (QED) is 0.754. The van der Waals surface area contributed by atoms with E-state index < -0.39 is 17.8 Å². The zero-order valence-electron chi connectivity index (χ0n) is 11.1. The van der Waals surface area contributed by atoms with Crippen molar-refractivity contribution in [2.75, 3.05) is 13.2 Å². The SMILES string of the molecule is CC(C(=O)O)C(C)C(=O)NCCC1CCCCO1. The summed E-state index contributed by atoms with van der Waals surface area (Å²) in [6.07, 6.45) is 4.41. The van der Waals surface area contributed by atoms with E-state index in [4.69, 9.17) is 9.84 Å². The van der Waals surface area contributed by atoms with Gasteiger partial charge in [0, 0.05) is 19.1 Å². The molecule has 0 aromatic rings. The molecule has 1 rings (SSSR count). The molecular formula is C13H23NO4. The fourth-order valence-corrected chi connectivity index (χ4v) is 1.99. The van der Waals surface area contributed by atoms with Crippen LogP contribution in [0.15, 0.2) is 0 Å². The molecule has 0 bridgehead atoms. The van der Waals surface area contributed by atoms with Gasteiger partial charge < -0.3 is 15.2 Å². The zero-order valence-corrected chi connectivity index (χ0v) is 11.1. The molecule has 1 amide bonds. The minimum atomic E-state index is -0.937. The number of ether oxygens (including phenoxy) is 1. The maximum Gasteiger partial charge on any atom is 0.307 e. The first-order valence-corrected chi connectivity index (χ1v) is 6.64. The first kappa shape index (κ1) is 15.0. The van der Waals surface area contributed by atoms with Crippen molar-refractivity contribution in [3.63, 3.8) is 0 Å². The summed E-state index contributed by atoms with van der Waals surface area (Å²) >= 11 is 0. The van der Waals surface area contributed by atoms with E-state index in [1.165, 1.54) is 6.42 Å². The van der Waals surface area contributed by atoms with Gasteiger partial charge in [-0.15, -0.1) is 0 Å². The van der Waals surface area contributed by atoms with Gasteiger partial charge in [-0.05, 0) is 25.7 Å². The number of hydrogen-bond acceptors (Lipinski definition) is 3. The van der Waals surface area contributed by atoms with Crippen LogP contribution in [0.4, 0.5) is 0 Å². The van der Waals surface area contributed by atoms with E-state index in [1.54, 1.807) is 13.8 Å². The molecule has 0 aromatic carbocycles. The molecule has 5 nitrogen and oxygen atoms in total. The third kappa shape index (κ3) is 4.64. The Hall–Kier alpha value is -1.10. The van der Waals surface area contributed by atoms with E-state index in [0.717, 1.165) is 25.9 Å². The smallest absolute Gasteiger partial charge is 0.307 e. The van der Waals surface area contributed by atoms with Crippen LogP contribution < -0.4 is 5.32 Å². The highest BCUT2D eigenvalue weighted by molar-refractivity contribution is 5.84. The lowest BCUT2D eigenvalue weighted by molar-refractivity contribution is -0.146. The zero-order chi connectivity index (χ0) is 13.5. The molecule has 3 unspecified atom stereocenters. The summed E-state index contributed by atoms with van der Waals surface area (Å²) in [5.74, 6) is -2.29. The van der Waals surface area contributed by atoms with Gasteiger partial charge in [-0.1, -0.05) is 13.8 Å². The number of rotatable bonds is 6. The first-order chi connectivity index (χ1) is 8.52. The fraction of sp³-hybridized carbons (Fsp3) is 0.846. The van der Waals surface area contributed by atoms with Crippen molar-refractivity contribution in [1.29, 1.82) is 0 Å². The maximum atomic E-state index is 11.7. The molecule has 0 saturated carbocycles. The van der Waals surface area contributed by atoms with Crippen molar-refractivity contribution in [3.05, 3.63) is 0 Å². The summed E-state index contributed by atoms with van der Waals surface area (Å²) in [5, 5.41) is 11.6. The molecular weight excluding hydrogens is 234 g/mol. The fourth-order valence-electron chi connectivity index (χ4n) is 1.99. The van der Waals surface area contributed by atoms with Crippen LogP contribution in [0.5, 0.6) is 0 Å². The van der Waals surface area contributed by atoms with Crippen molar-refractivity contribution < 1.29 is 19.4 Å². The summed E-state index contributed by atoms with van der Waals surface area (Å²) in [5.41, 5.74) is 0. The third-order valence-electron chi connectivity index (χ3n) is 3.59. The molecule has 0 spiro atoms. The molecule has 0 aromatic heterocycles. The number of nitrogens with one attached hydrogen (secondary N) is 1. The minimum absolute atomic E-state index is 0.194. The summed E-state index contributed by atoms with van der Waals surface area (Å²) < 4.78 is 5.56. The number of carbonyl (C=O) groups is 2. The summed E-state index contributed by atoms with van der Waals surface area (Å²) in [6.45, 7) is 4.56. The number of carbonyl (C=O) groups excluding carboxylic acids is 1. The highest BCUT2D eigenvalue weighted by Crippen LogP contribution is 2.15. The Morgan fingerprint density at radius 1 is 1.33 bits per heavy atom. The van der Waals surface area contributed by atoms with Crippen molar-refractivity contribution in [3.8, 4) is 0 Å². The number of amides is 1. The van der Waals surface area contributed by atoms with Crippen molar-refractivity contribution in [1.82, 2.24) is 5.32 Å². The standard InChI is InChI=1S/C13H23NO4/c1-9(10(2)13(16)17)12(15)14-7-6-11-5-3-4-8-18-11/h9-11H,3-8H2,1-2H3,(H,14,15)(H,16,17). The van der Waals surface area contributed by atoms with Gasteiger partial charge in [0.2, 0.25) is 5.91 Å². The average Bonchev–Trinajstić information content (AvgIpc) is 2.38. The molecule has 0 radical (unpaired) electrons. The van der Waals surface area contributed by atoms with Gasteiger partial charge in [0.05, 0.1) is 12.0 Å². The molecule has 2 N–H and O–H groups in total. The Balaban J connectivity index is 2.21. The number of aliphatic carboxylic acids is 1. The Morgan fingerprint density at radius 2 is 2.06 bits per heavy atom. The highest BCUT2D eigenvalue weighted by atomic mass is 16.5. The van der Waals surface area contributed by atoms with Gasteiger partial charge >= 0.3 is 5.97 Å². The first-order valence-electron chi connectivity index (χ1n) is 6.64. The summed E-state index contributed by atoms with van der Waals surface area (Å²) in [6, 6.07) is 0. The van der Waals surface area contributed by atoms with Crippen LogP contribution >= 0.6 is 0 Å². The lowest BCUT2D eigenvalue weighted by Gasteiger charge is -2.23. The van der Waals surface area contributed by atoms with Gasteiger partial charge in [-0.25, -0.2) is 0 Å². The molecule has 1 saturated heterocycles. The molecule has 3 atom stereocenters. The third-order valence-corrected chi connectivity index (χ3v) is 3.59. The second-order valence-electron chi connectivity index (χ2n) is 4.98. The van der Waals surface area contributed by atoms with Gasteiger partial charge in [0.15, 0.2) is 0 Å². The Labute approximate surface area is 108 Å². The Kier molecular flexibility index (Phi) is 6.12. The van der Waals surface area contributed by atoms with Crippen LogP contribution in [0, 0.1) is 11.8 Å². The topological polar surface area (TPSA) is 75.6 Å². The number of hydrogen-bond donors (Lipinski definition) is 2. The van der Waals surface area contributed by atoms with E-state index in [9.17, 15) is 9.59 Å². The predicted molar refractivity (Wildman–Crippen MR) is 67.2 cm³/mol. The average molecular weight is 257 g/mol. The largest absolute Gasteiger partial charge is 0.481 e. The maximum absolute atomic E-state index is 11.7. The van der Waals surface area contributed by atoms with E-state index in [0.29, 0.717) is 6.54 Å².